The lowest BCUT2D eigenvalue weighted by Gasteiger charge is -2.29. The minimum absolute atomic E-state index is 0.196. The van der Waals surface area contributed by atoms with E-state index in [1.54, 1.807) is 6.92 Å². The van der Waals surface area contributed by atoms with Crippen molar-refractivity contribution in [2.45, 2.75) is 77.7 Å². The quantitative estimate of drug-likeness (QED) is 0.813. The van der Waals surface area contributed by atoms with Crippen LogP contribution in [0, 0.1) is 0 Å². The van der Waals surface area contributed by atoms with Crippen LogP contribution in [0.4, 0.5) is 4.79 Å². The summed E-state index contributed by atoms with van der Waals surface area (Å²) in [7, 11) is 0. The zero-order valence-electron chi connectivity index (χ0n) is 13.5. The lowest BCUT2D eigenvalue weighted by Crippen LogP contribution is -2.45. The van der Waals surface area contributed by atoms with Crippen molar-refractivity contribution in [1.82, 2.24) is 10.2 Å². The smallest absolute Gasteiger partial charge is 0.410 e. The largest absolute Gasteiger partial charge is 0.444 e. The molecule has 20 heavy (non-hydrogen) atoms. The Kier molecular flexibility index (Phi) is 6.27. The summed E-state index contributed by atoms with van der Waals surface area (Å²) in [6.45, 7) is 11.0. The van der Waals surface area contributed by atoms with Crippen LogP contribution < -0.4 is 5.32 Å². The van der Waals surface area contributed by atoms with Gasteiger partial charge in [0, 0.05) is 25.2 Å². The zero-order chi connectivity index (χ0) is 15.3. The van der Waals surface area contributed by atoms with Crippen molar-refractivity contribution in [1.29, 1.82) is 0 Å². The van der Waals surface area contributed by atoms with Crippen LogP contribution in [0.15, 0.2) is 0 Å². The maximum absolute atomic E-state index is 12.1. The van der Waals surface area contributed by atoms with E-state index < -0.39 is 5.60 Å². The minimum atomic E-state index is -0.447. The Balaban J connectivity index is 2.43. The average molecular weight is 286 g/mol. The number of nitrogens with one attached hydrogen (secondary N) is 1. The normalized spacial score (nSPS) is 22.7. The minimum Gasteiger partial charge on any atom is -0.444 e. The van der Waals surface area contributed by atoms with Gasteiger partial charge in [-0.25, -0.2) is 4.79 Å². The molecule has 0 radical (unpaired) electrons. The van der Waals surface area contributed by atoms with Crippen molar-refractivity contribution in [3.8, 4) is 0 Å². The van der Waals surface area contributed by atoms with Crippen LogP contribution in [0.1, 0.15) is 53.9 Å². The number of aliphatic hydroxyl groups is 1. The lowest BCUT2D eigenvalue weighted by molar-refractivity contribution is 0.0223. The first-order valence-corrected chi connectivity index (χ1v) is 7.60. The molecule has 1 rings (SSSR count). The van der Waals surface area contributed by atoms with Crippen molar-refractivity contribution in [3.05, 3.63) is 0 Å². The standard InChI is InChI=1S/C15H30N2O3/c1-11(9-12(2)18)16-10-13-7-6-8-17(13)14(19)20-15(3,4)5/h11-13,16,18H,6-10H2,1-5H3. The molecule has 5 heteroatoms. The fraction of sp³-hybridized carbons (Fsp3) is 0.933. The van der Waals surface area contributed by atoms with Gasteiger partial charge in [0.25, 0.3) is 0 Å². The first kappa shape index (κ1) is 17.2. The van der Waals surface area contributed by atoms with E-state index in [2.05, 4.69) is 12.2 Å². The highest BCUT2D eigenvalue weighted by Crippen LogP contribution is 2.20. The third kappa shape index (κ3) is 6.09. The number of hydrogen-bond donors (Lipinski definition) is 2. The van der Waals surface area contributed by atoms with E-state index in [-0.39, 0.29) is 24.3 Å². The summed E-state index contributed by atoms with van der Waals surface area (Å²) in [6, 6.07) is 0.442. The van der Waals surface area contributed by atoms with E-state index >= 15 is 0 Å². The number of likely N-dealkylation sites (tertiary alicyclic amines) is 1. The van der Waals surface area contributed by atoms with Gasteiger partial charge < -0.3 is 20.1 Å². The second-order valence-electron chi connectivity index (χ2n) is 6.86. The van der Waals surface area contributed by atoms with Crippen LogP contribution in [0.2, 0.25) is 0 Å². The van der Waals surface area contributed by atoms with E-state index in [1.807, 2.05) is 25.7 Å². The molecule has 0 aromatic carbocycles. The highest BCUT2D eigenvalue weighted by molar-refractivity contribution is 5.69. The second-order valence-corrected chi connectivity index (χ2v) is 6.86. The molecular weight excluding hydrogens is 256 g/mol. The summed E-state index contributed by atoms with van der Waals surface area (Å²) < 4.78 is 5.44. The van der Waals surface area contributed by atoms with Gasteiger partial charge in [-0.05, 0) is 53.9 Å². The number of rotatable bonds is 5. The molecule has 3 unspecified atom stereocenters. The van der Waals surface area contributed by atoms with E-state index in [0.717, 1.165) is 32.4 Å². The fourth-order valence-electron chi connectivity index (χ4n) is 2.54. The van der Waals surface area contributed by atoms with Crippen LogP contribution >= 0.6 is 0 Å². The van der Waals surface area contributed by atoms with Gasteiger partial charge in [0.2, 0.25) is 0 Å². The molecule has 0 spiro atoms. The first-order chi connectivity index (χ1) is 9.19. The highest BCUT2D eigenvalue weighted by atomic mass is 16.6. The van der Waals surface area contributed by atoms with Gasteiger partial charge >= 0.3 is 6.09 Å². The van der Waals surface area contributed by atoms with Crippen LogP contribution in [0.3, 0.4) is 0 Å². The average Bonchev–Trinajstić information content (AvgIpc) is 2.71. The Labute approximate surface area is 122 Å². The molecule has 3 atom stereocenters. The molecule has 0 aromatic rings. The number of nitrogens with zero attached hydrogens (tertiary/aromatic N) is 1. The number of aliphatic hydroxyl groups excluding tert-OH is 1. The molecular formula is C15H30N2O3. The number of amides is 1. The molecule has 0 saturated carbocycles. The molecule has 1 fully saturated rings. The highest BCUT2D eigenvalue weighted by Gasteiger charge is 2.32. The Morgan fingerprint density at radius 3 is 2.65 bits per heavy atom. The molecule has 0 aliphatic carbocycles. The van der Waals surface area contributed by atoms with Gasteiger partial charge in [-0.3, -0.25) is 0 Å². The predicted octanol–water partition coefficient (Wildman–Crippen LogP) is 2.13. The van der Waals surface area contributed by atoms with Crippen molar-refractivity contribution >= 4 is 6.09 Å². The Morgan fingerprint density at radius 2 is 2.10 bits per heavy atom. The van der Waals surface area contributed by atoms with Gasteiger partial charge in [-0.15, -0.1) is 0 Å². The van der Waals surface area contributed by atoms with Crippen LogP contribution in [0.5, 0.6) is 0 Å². The molecule has 0 aromatic heterocycles. The molecule has 1 saturated heterocycles. The fourth-order valence-corrected chi connectivity index (χ4v) is 2.54. The number of carbonyl (C=O) groups excluding carboxylic acids is 1. The molecule has 2 N–H and O–H groups in total. The lowest BCUT2D eigenvalue weighted by atomic mass is 10.1. The Hall–Kier alpha value is -0.810. The maximum atomic E-state index is 12.1. The Bertz CT molecular complexity index is 313. The Morgan fingerprint density at radius 1 is 1.45 bits per heavy atom. The van der Waals surface area contributed by atoms with Gasteiger partial charge in [0.15, 0.2) is 0 Å². The molecule has 5 nitrogen and oxygen atoms in total. The third-order valence-electron chi connectivity index (χ3n) is 3.40. The van der Waals surface area contributed by atoms with Gasteiger partial charge in [0.1, 0.15) is 5.60 Å². The van der Waals surface area contributed by atoms with Crippen molar-refractivity contribution in [2.75, 3.05) is 13.1 Å². The summed E-state index contributed by atoms with van der Waals surface area (Å²) in [5.74, 6) is 0. The van der Waals surface area contributed by atoms with Gasteiger partial charge in [-0.2, -0.15) is 0 Å². The van der Waals surface area contributed by atoms with Crippen molar-refractivity contribution in [3.63, 3.8) is 0 Å². The van der Waals surface area contributed by atoms with E-state index in [9.17, 15) is 9.90 Å². The van der Waals surface area contributed by atoms with Gasteiger partial charge in [-0.1, -0.05) is 0 Å². The monoisotopic (exact) mass is 286 g/mol. The molecule has 1 aliphatic heterocycles. The molecule has 1 heterocycles. The second kappa shape index (κ2) is 7.27. The molecule has 1 amide bonds. The summed E-state index contributed by atoms with van der Waals surface area (Å²) in [5, 5.41) is 12.8. The van der Waals surface area contributed by atoms with Crippen LogP contribution in [-0.2, 0) is 4.74 Å². The summed E-state index contributed by atoms with van der Waals surface area (Å²) in [5.41, 5.74) is -0.447. The van der Waals surface area contributed by atoms with E-state index in [0.29, 0.717) is 0 Å². The van der Waals surface area contributed by atoms with Gasteiger partial charge in [0.05, 0.1) is 6.10 Å². The summed E-state index contributed by atoms with van der Waals surface area (Å²) in [6.07, 6.45) is 2.23. The summed E-state index contributed by atoms with van der Waals surface area (Å²) in [4.78, 5) is 14.0. The topological polar surface area (TPSA) is 61.8 Å². The maximum Gasteiger partial charge on any atom is 0.410 e. The van der Waals surface area contributed by atoms with Crippen molar-refractivity contribution < 1.29 is 14.6 Å². The van der Waals surface area contributed by atoms with Crippen molar-refractivity contribution in [2.24, 2.45) is 0 Å². The summed E-state index contributed by atoms with van der Waals surface area (Å²) >= 11 is 0. The van der Waals surface area contributed by atoms with Crippen LogP contribution in [0.25, 0.3) is 0 Å². The number of ether oxygens (including phenoxy) is 1. The predicted molar refractivity (Wildman–Crippen MR) is 79.7 cm³/mol. The van der Waals surface area contributed by atoms with E-state index in [1.165, 1.54) is 0 Å². The molecule has 0 bridgehead atoms. The number of carbonyl (C=O) groups is 1. The zero-order valence-corrected chi connectivity index (χ0v) is 13.5. The SMILES string of the molecule is CC(O)CC(C)NCC1CCCN1C(=O)OC(C)(C)C. The third-order valence-corrected chi connectivity index (χ3v) is 3.40. The molecule has 118 valence electrons. The first-order valence-electron chi connectivity index (χ1n) is 7.60. The molecule has 1 aliphatic rings. The van der Waals surface area contributed by atoms with E-state index in [4.69, 9.17) is 4.74 Å². The van der Waals surface area contributed by atoms with Crippen LogP contribution in [-0.4, -0.2) is 53.0 Å². The number of hydrogen-bond acceptors (Lipinski definition) is 4.